The molecule has 1 aliphatic rings. The van der Waals surface area contributed by atoms with E-state index in [0.717, 1.165) is 5.56 Å². The first-order valence-electron chi connectivity index (χ1n) is 6.52. The summed E-state index contributed by atoms with van der Waals surface area (Å²) >= 11 is 0. The molecule has 1 aromatic rings. The van der Waals surface area contributed by atoms with E-state index in [4.69, 9.17) is 25.2 Å². The summed E-state index contributed by atoms with van der Waals surface area (Å²) in [5.41, 5.74) is 6.72. The van der Waals surface area contributed by atoms with Crippen LogP contribution >= 0.6 is 0 Å². The van der Waals surface area contributed by atoms with Gasteiger partial charge in [-0.15, -0.1) is 0 Å². The summed E-state index contributed by atoms with van der Waals surface area (Å²) in [4.78, 5) is 13.5. The Morgan fingerprint density at radius 1 is 1.23 bits per heavy atom. The van der Waals surface area contributed by atoms with Crippen molar-refractivity contribution in [1.29, 1.82) is 5.26 Å². The summed E-state index contributed by atoms with van der Waals surface area (Å²) in [5, 5.41) is 8.95. The number of rotatable bonds is 5. The standard InChI is InChI=1S/C15H17N3O4/c1-20-11-4-9(5-12(21-2)14(11)22-3)7-18-8-10(6-16)13(17)15(18)19/h4-5H,7-8,17H2,1-3H3. The first-order chi connectivity index (χ1) is 10.5. The van der Waals surface area contributed by atoms with Gasteiger partial charge >= 0.3 is 0 Å². The number of benzene rings is 1. The molecule has 2 N–H and O–H groups in total. The molecule has 116 valence electrons. The fraction of sp³-hybridized carbons (Fsp3) is 0.333. The predicted molar refractivity (Wildman–Crippen MR) is 78.3 cm³/mol. The number of methoxy groups -OCH3 is 3. The van der Waals surface area contributed by atoms with Gasteiger partial charge in [0.15, 0.2) is 11.5 Å². The van der Waals surface area contributed by atoms with E-state index < -0.39 is 0 Å². The molecule has 1 aliphatic heterocycles. The Morgan fingerprint density at radius 3 is 2.23 bits per heavy atom. The van der Waals surface area contributed by atoms with Crippen molar-refractivity contribution in [3.8, 4) is 23.3 Å². The molecule has 1 amide bonds. The van der Waals surface area contributed by atoms with Crippen LogP contribution in [0.5, 0.6) is 17.2 Å². The highest BCUT2D eigenvalue weighted by molar-refractivity contribution is 5.97. The molecule has 7 heteroatoms. The van der Waals surface area contributed by atoms with Crippen molar-refractivity contribution in [2.75, 3.05) is 27.9 Å². The number of amides is 1. The monoisotopic (exact) mass is 303 g/mol. The number of nitrogens with zero attached hydrogens (tertiary/aromatic N) is 2. The largest absolute Gasteiger partial charge is 0.493 e. The van der Waals surface area contributed by atoms with Crippen LogP contribution in [0.3, 0.4) is 0 Å². The lowest BCUT2D eigenvalue weighted by Crippen LogP contribution is -2.28. The average molecular weight is 303 g/mol. The minimum atomic E-state index is -0.342. The summed E-state index contributed by atoms with van der Waals surface area (Å²) in [6.45, 7) is 0.499. The maximum atomic E-state index is 12.0. The molecule has 0 radical (unpaired) electrons. The summed E-state index contributed by atoms with van der Waals surface area (Å²) < 4.78 is 15.8. The molecule has 0 saturated carbocycles. The van der Waals surface area contributed by atoms with E-state index in [0.29, 0.717) is 23.8 Å². The molecule has 2 rings (SSSR count). The Kier molecular flexibility index (Phi) is 4.41. The molecular weight excluding hydrogens is 286 g/mol. The Morgan fingerprint density at radius 2 is 1.82 bits per heavy atom. The van der Waals surface area contributed by atoms with Crippen LogP contribution in [-0.2, 0) is 11.3 Å². The highest BCUT2D eigenvalue weighted by atomic mass is 16.5. The van der Waals surface area contributed by atoms with E-state index in [1.165, 1.54) is 26.2 Å². The smallest absolute Gasteiger partial charge is 0.271 e. The minimum Gasteiger partial charge on any atom is -0.493 e. The molecule has 1 aromatic carbocycles. The van der Waals surface area contributed by atoms with E-state index >= 15 is 0 Å². The zero-order valence-electron chi connectivity index (χ0n) is 12.7. The van der Waals surface area contributed by atoms with Gasteiger partial charge in [0.1, 0.15) is 5.70 Å². The van der Waals surface area contributed by atoms with Gasteiger partial charge in [-0.3, -0.25) is 4.79 Å². The van der Waals surface area contributed by atoms with Gasteiger partial charge in [0.05, 0.1) is 39.5 Å². The van der Waals surface area contributed by atoms with Gasteiger partial charge in [-0.2, -0.15) is 5.26 Å². The molecule has 1 heterocycles. The molecule has 0 fully saturated rings. The number of ether oxygens (including phenoxy) is 3. The van der Waals surface area contributed by atoms with Crippen molar-refractivity contribution >= 4 is 5.91 Å². The molecule has 0 bridgehead atoms. The van der Waals surface area contributed by atoms with Gasteiger partial charge in [0.2, 0.25) is 5.75 Å². The number of nitriles is 1. The Balaban J connectivity index is 2.29. The van der Waals surface area contributed by atoms with Gasteiger partial charge in [0.25, 0.3) is 5.91 Å². The number of hydrogen-bond acceptors (Lipinski definition) is 6. The number of hydrogen-bond donors (Lipinski definition) is 1. The fourth-order valence-corrected chi connectivity index (χ4v) is 2.32. The van der Waals surface area contributed by atoms with Gasteiger partial charge in [-0.1, -0.05) is 0 Å². The van der Waals surface area contributed by atoms with Crippen LogP contribution in [0.1, 0.15) is 5.56 Å². The molecule has 0 aromatic heterocycles. The SMILES string of the molecule is COc1cc(CN2CC(C#N)=C(N)C2=O)cc(OC)c1OC. The topological polar surface area (TPSA) is 97.8 Å². The normalized spacial score (nSPS) is 14.1. The predicted octanol–water partition coefficient (Wildman–Crippen LogP) is 0.791. The summed E-state index contributed by atoms with van der Waals surface area (Å²) in [5.74, 6) is 1.15. The zero-order chi connectivity index (χ0) is 16.3. The van der Waals surface area contributed by atoms with Crippen molar-refractivity contribution in [2.24, 2.45) is 5.73 Å². The average Bonchev–Trinajstić information content (AvgIpc) is 2.81. The lowest BCUT2D eigenvalue weighted by atomic mass is 10.1. The van der Waals surface area contributed by atoms with Crippen molar-refractivity contribution < 1.29 is 19.0 Å². The maximum Gasteiger partial charge on any atom is 0.271 e. The van der Waals surface area contributed by atoms with E-state index in [2.05, 4.69) is 0 Å². The summed E-state index contributed by atoms with van der Waals surface area (Å²) in [6.07, 6.45) is 0. The van der Waals surface area contributed by atoms with Crippen LogP contribution in [0.15, 0.2) is 23.4 Å². The van der Waals surface area contributed by atoms with Gasteiger partial charge in [0, 0.05) is 6.54 Å². The number of nitrogens with two attached hydrogens (primary N) is 1. The van der Waals surface area contributed by atoms with Gasteiger partial charge in [-0.25, -0.2) is 0 Å². The molecule has 22 heavy (non-hydrogen) atoms. The second-order valence-corrected chi connectivity index (χ2v) is 4.70. The van der Waals surface area contributed by atoms with Crippen LogP contribution in [0.25, 0.3) is 0 Å². The molecule has 0 unspecified atom stereocenters. The summed E-state index contributed by atoms with van der Waals surface area (Å²) in [6, 6.07) is 5.46. The molecular formula is C15H17N3O4. The highest BCUT2D eigenvalue weighted by Crippen LogP contribution is 2.38. The third kappa shape index (κ3) is 2.63. The van der Waals surface area contributed by atoms with E-state index in [9.17, 15) is 4.79 Å². The van der Waals surface area contributed by atoms with E-state index in [1.54, 1.807) is 12.1 Å². The molecule has 0 aliphatic carbocycles. The van der Waals surface area contributed by atoms with Crippen molar-refractivity contribution in [3.63, 3.8) is 0 Å². The minimum absolute atomic E-state index is 0.00921. The molecule has 0 saturated heterocycles. The Hall–Kier alpha value is -2.88. The number of carbonyl (C=O) groups excluding carboxylic acids is 1. The van der Waals surface area contributed by atoms with E-state index in [-0.39, 0.29) is 23.7 Å². The maximum absolute atomic E-state index is 12.0. The first kappa shape index (κ1) is 15.5. The zero-order valence-corrected chi connectivity index (χ0v) is 12.7. The Labute approximate surface area is 128 Å². The van der Waals surface area contributed by atoms with Crippen LogP contribution in [0, 0.1) is 11.3 Å². The second kappa shape index (κ2) is 6.26. The highest BCUT2D eigenvalue weighted by Gasteiger charge is 2.28. The number of carbonyl (C=O) groups is 1. The third-order valence-corrected chi connectivity index (χ3v) is 3.42. The molecule has 0 atom stereocenters. The van der Waals surface area contributed by atoms with Crippen LogP contribution in [-0.4, -0.2) is 38.7 Å². The molecule has 0 spiro atoms. The summed E-state index contributed by atoms with van der Waals surface area (Å²) in [7, 11) is 4.57. The third-order valence-electron chi connectivity index (χ3n) is 3.42. The van der Waals surface area contributed by atoms with Crippen LogP contribution < -0.4 is 19.9 Å². The quantitative estimate of drug-likeness (QED) is 0.863. The van der Waals surface area contributed by atoms with Crippen LogP contribution in [0.2, 0.25) is 0 Å². The first-order valence-corrected chi connectivity index (χ1v) is 6.52. The van der Waals surface area contributed by atoms with Crippen molar-refractivity contribution in [1.82, 2.24) is 4.90 Å². The van der Waals surface area contributed by atoms with Gasteiger partial charge in [-0.05, 0) is 17.7 Å². The Bertz CT molecular complexity index is 651. The van der Waals surface area contributed by atoms with Crippen molar-refractivity contribution in [3.05, 3.63) is 29.0 Å². The second-order valence-electron chi connectivity index (χ2n) is 4.70. The van der Waals surface area contributed by atoms with E-state index in [1.807, 2.05) is 6.07 Å². The lowest BCUT2D eigenvalue weighted by Gasteiger charge is -2.19. The van der Waals surface area contributed by atoms with Crippen molar-refractivity contribution in [2.45, 2.75) is 6.54 Å². The lowest BCUT2D eigenvalue weighted by molar-refractivity contribution is -0.126. The fourth-order valence-electron chi connectivity index (χ4n) is 2.32. The molecule has 7 nitrogen and oxygen atoms in total. The van der Waals surface area contributed by atoms with Crippen LogP contribution in [0.4, 0.5) is 0 Å². The van der Waals surface area contributed by atoms with Gasteiger partial charge < -0.3 is 24.8 Å².